The minimum Gasteiger partial charge on any atom is -0.379 e. The summed E-state index contributed by atoms with van der Waals surface area (Å²) < 4.78 is 25.9. The maximum Gasteiger partial charge on any atom is 0.278 e. The van der Waals surface area contributed by atoms with Crippen LogP contribution in [0.5, 0.6) is 0 Å². The van der Waals surface area contributed by atoms with Crippen LogP contribution < -0.4 is 10.6 Å². The van der Waals surface area contributed by atoms with E-state index in [0.29, 0.717) is 29.3 Å². The van der Waals surface area contributed by atoms with Crippen LogP contribution in [0.25, 0.3) is 11.2 Å². The van der Waals surface area contributed by atoms with Gasteiger partial charge in [0.2, 0.25) is 0 Å². The van der Waals surface area contributed by atoms with E-state index in [9.17, 15) is 4.79 Å². The van der Waals surface area contributed by atoms with Crippen LogP contribution in [0.15, 0.2) is 12.7 Å². The minimum atomic E-state index is -0.742. The Bertz CT molecular complexity index is 964. The molecule has 5 heterocycles. The molecule has 5 unspecified atom stereocenters. The number of rotatable bonds is 5. The van der Waals surface area contributed by atoms with Crippen molar-refractivity contribution in [2.75, 3.05) is 31.3 Å². The molecule has 11 nitrogen and oxygen atoms in total. The maximum absolute atomic E-state index is 11.7. The average molecular weight is 451 g/mol. The number of carbonyl (C=O) groups excluding carboxylic acids is 1. The highest BCUT2D eigenvalue weighted by molar-refractivity contribution is 8.13. The lowest BCUT2D eigenvalue weighted by atomic mass is 10.1. The lowest BCUT2D eigenvalue weighted by Crippen LogP contribution is -2.32. The number of thioether (sulfide) groups is 1. The number of hydrogen-bond donors (Lipinski definition) is 2. The molecule has 3 saturated heterocycles. The fourth-order valence-corrected chi connectivity index (χ4v) is 4.96. The van der Waals surface area contributed by atoms with Crippen LogP contribution in [-0.4, -0.2) is 80.9 Å². The molecule has 0 aromatic carbocycles. The van der Waals surface area contributed by atoms with Crippen molar-refractivity contribution in [3.63, 3.8) is 0 Å². The Kier molecular flexibility index (Phi) is 5.51. The van der Waals surface area contributed by atoms with Gasteiger partial charge in [-0.25, -0.2) is 15.0 Å². The third kappa shape index (κ3) is 3.98. The van der Waals surface area contributed by atoms with E-state index < -0.39 is 12.0 Å². The summed E-state index contributed by atoms with van der Waals surface area (Å²) in [6.45, 7) is 5.14. The van der Waals surface area contributed by atoms with Gasteiger partial charge in [-0.05, 0) is 20.3 Å². The van der Waals surface area contributed by atoms with E-state index in [1.165, 1.54) is 6.33 Å². The Morgan fingerprint density at radius 2 is 2.13 bits per heavy atom. The summed E-state index contributed by atoms with van der Waals surface area (Å²) in [4.78, 5) is 25.1. The first-order valence-electron chi connectivity index (χ1n) is 10.3. The van der Waals surface area contributed by atoms with Gasteiger partial charge in [-0.1, -0.05) is 11.8 Å². The van der Waals surface area contributed by atoms with Gasteiger partial charge in [0.1, 0.15) is 18.5 Å². The van der Waals surface area contributed by atoms with Crippen molar-refractivity contribution >= 4 is 34.0 Å². The summed E-state index contributed by atoms with van der Waals surface area (Å²) >= 11 is 1.16. The smallest absolute Gasteiger partial charge is 0.278 e. The first-order chi connectivity index (χ1) is 14.9. The zero-order valence-corrected chi connectivity index (χ0v) is 18.4. The molecule has 0 bridgehead atoms. The molecule has 0 spiro atoms. The van der Waals surface area contributed by atoms with Crippen LogP contribution in [0.3, 0.4) is 0 Å². The molecule has 2 aromatic rings. The second-order valence-electron chi connectivity index (χ2n) is 8.23. The van der Waals surface area contributed by atoms with Crippen molar-refractivity contribution in [3.8, 4) is 0 Å². The van der Waals surface area contributed by atoms with E-state index in [1.807, 2.05) is 18.4 Å². The second kappa shape index (κ2) is 8.17. The topological polar surface area (TPSA) is 122 Å². The Morgan fingerprint density at radius 1 is 1.29 bits per heavy atom. The van der Waals surface area contributed by atoms with Crippen LogP contribution in [0, 0.1) is 0 Å². The Hall–Kier alpha value is -1.99. The maximum atomic E-state index is 11.7. The number of imidazole rings is 1. The molecule has 2 N–H and O–H groups in total. The number of amides is 1. The lowest BCUT2D eigenvalue weighted by Gasteiger charge is -2.24. The van der Waals surface area contributed by atoms with Gasteiger partial charge < -0.3 is 29.6 Å². The van der Waals surface area contributed by atoms with Crippen LogP contribution >= 0.6 is 11.8 Å². The van der Waals surface area contributed by atoms with E-state index in [-0.39, 0.29) is 29.6 Å². The lowest BCUT2D eigenvalue weighted by molar-refractivity contribution is -0.193. The van der Waals surface area contributed by atoms with E-state index in [1.54, 1.807) is 13.4 Å². The highest BCUT2D eigenvalue weighted by Crippen LogP contribution is 2.44. The number of carbonyl (C=O) groups is 1. The van der Waals surface area contributed by atoms with E-state index in [4.69, 9.17) is 18.9 Å². The molecule has 3 aliphatic heterocycles. The summed E-state index contributed by atoms with van der Waals surface area (Å²) in [7, 11) is 1.61. The van der Waals surface area contributed by atoms with Gasteiger partial charge in [-0.15, -0.1) is 0 Å². The highest BCUT2D eigenvalue weighted by Gasteiger charge is 2.56. The number of anilines is 1. The summed E-state index contributed by atoms with van der Waals surface area (Å²) in [6.07, 6.45) is 2.69. The number of nitrogens with one attached hydrogen (secondary N) is 2. The SMILES string of the molecule is CNC(=O)SCC1OC(n2cnc3c(NC4CCOC4)ncnc32)C2OC(C)(C)OC12. The number of aromatic nitrogens is 4. The number of nitrogens with zero attached hydrogens (tertiary/aromatic N) is 4. The van der Waals surface area contributed by atoms with Crippen molar-refractivity contribution in [3.05, 3.63) is 12.7 Å². The molecular weight excluding hydrogens is 424 g/mol. The minimum absolute atomic E-state index is 0.116. The summed E-state index contributed by atoms with van der Waals surface area (Å²) in [5.41, 5.74) is 1.31. The van der Waals surface area contributed by atoms with Gasteiger partial charge in [0.05, 0.1) is 25.1 Å². The summed E-state index contributed by atoms with van der Waals surface area (Å²) in [5.74, 6) is 0.380. The standard InChI is InChI=1S/C19H26N6O5S/c1-19(2)29-13-11(7-31-18(26)20-3)28-17(14(13)30-19)25-9-23-12-15(21-8-22-16(12)25)24-10-4-5-27-6-10/h8-11,13-14,17H,4-7H2,1-3H3,(H,20,26)(H,21,22,24). The fourth-order valence-electron chi connectivity index (χ4n) is 4.23. The zero-order chi connectivity index (χ0) is 21.6. The Balaban J connectivity index is 1.42. The van der Waals surface area contributed by atoms with Gasteiger partial charge in [0.25, 0.3) is 5.24 Å². The first kappa shape index (κ1) is 20.9. The van der Waals surface area contributed by atoms with Crippen molar-refractivity contribution in [2.45, 2.75) is 56.6 Å². The van der Waals surface area contributed by atoms with Crippen LogP contribution in [0.2, 0.25) is 0 Å². The van der Waals surface area contributed by atoms with Crippen LogP contribution in [0.4, 0.5) is 10.6 Å². The summed E-state index contributed by atoms with van der Waals surface area (Å²) in [5, 5.41) is 5.89. The van der Waals surface area contributed by atoms with E-state index >= 15 is 0 Å². The molecule has 3 aliphatic rings. The normalized spacial score (nSPS) is 31.8. The van der Waals surface area contributed by atoms with Gasteiger partial charge in [-0.3, -0.25) is 9.36 Å². The predicted molar refractivity (Wildman–Crippen MR) is 113 cm³/mol. The molecule has 0 aliphatic carbocycles. The fraction of sp³-hybridized carbons (Fsp3) is 0.684. The monoisotopic (exact) mass is 450 g/mol. The molecule has 5 rings (SSSR count). The Labute approximate surface area is 183 Å². The molecule has 3 fully saturated rings. The third-order valence-electron chi connectivity index (χ3n) is 5.61. The van der Waals surface area contributed by atoms with Gasteiger partial charge in [0.15, 0.2) is 29.0 Å². The van der Waals surface area contributed by atoms with E-state index in [2.05, 4.69) is 25.6 Å². The average Bonchev–Trinajstić information content (AvgIpc) is 3.51. The quantitative estimate of drug-likeness (QED) is 0.693. The number of hydrogen-bond acceptors (Lipinski definition) is 10. The largest absolute Gasteiger partial charge is 0.379 e. The molecule has 31 heavy (non-hydrogen) atoms. The van der Waals surface area contributed by atoms with E-state index in [0.717, 1.165) is 24.8 Å². The number of fused-ring (bicyclic) bond motifs is 2. The molecule has 0 radical (unpaired) electrons. The molecule has 0 saturated carbocycles. The van der Waals surface area contributed by atoms with Gasteiger partial charge >= 0.3 is 0 Å². The summed E-state index contributed by atoms with van der Waals surface area (Å²) in [6, 6.07) is 0.203. The molecular formula is C19H26N6O5S. The predicted octanol–water partition coefficient (Wildman–Crippen LogP) is 1.52. The molecule has 5 atom stereocenters. The molecule has 12 heteroatoms. The Morgan fingerprint density at radius 3 is 2.90 bits per heavy atom. The van der Waals surface area contributed by atoms with Crippen molar-refractivity contribution in [1.29, 1.82) is 0 Å². The van der Waals surface area contributed by atoms with Gasteiger partial charge in [0, 0.05) is 19.4 Å². The first-order valence-corrected chi connectivity index (χ1v) is 11.3. The van der Waals surface area contributed by atoms with Crippen molar-refractivity contribution in [2.24, 2.45) is 0 Å². The number of ether oxygens (including phenoxy) is 4. The molecule has 2 aromatic heterocycles. The van der Waals surface area contributed by atoms with Crippen LogP contribution in [0.1, 0.15) is 26.5 Å². The van der Waals surface area contributed by atoms with Crippen molar-refractivity contribution in [1.82, 2.24) is 24.8 Å². The van der Waals surface area contributed by atoms with Crippen LogP contribution in [-0.2, 0) is 18.9 Å². The second-order valence-corrected chi connectivity index (χ2v) is 9.22. The molecule has 168 valence electrons. The van der Waals surface area contributed by atoms with Gasteiger partial charge in [-0.2, -0.15) is 0 Å². The highest BCUT2D eigenvalue weighted by atomic mass is 32.2. The zero-order valence-electron chi connectivity index (χ0n) is 17.6. The third-order valence-corrected chi connectivity index (χ3v) is 6.57. The van der Waals surface area contributed by atoms with Crippen molar-refractivity contribution < 1.29 is 23.7 Å². The molecule has 1 amide bonds.